The van der Waals surface area contributed by atoms with Gasteiger partial charge in [0.05, 0.1) is 5.75 Å². The van der Waals surface area contributed by atoms with Gasteiger partial charge in [-0.1, -0.05) is 30.0 Å². The van der Waals surface area contributed by atoms with E-state index >= 15 is 0 Å². The van der Waals surface area contributed by atoms with Gasteiger partial charge in [0.2, 0.25) is 5.91 Å². The molecule has 4 nitrogen and oxygen atoms in total. The molecule has 5 heteroatoms. The van der Waals surface area contributed by atoms with Crippen LogP contribution < -0.4 is 5.32 Å². The van der Waals surface area contributed by atoms with Crippen molar-refractivity contribution in [1.29, 1.82) is 0 Å². The molecule has 2 aromatic rings. The predicted molar refractivity (Wildman–Crippen MR) is 81.0 cm³/mol. The lowest BCUT2D eigenvalue weighted by molar-refractivity contribution is -0.113. The Morgan fingerprint density at radius 3 is 3.00 bits per heavy atom. The van der Waals surface area contributed by atoms with Crippen molar-refractivity contribution in [2.75, 3.05) is 11.1 Å². The van der Waals surface area contributed by atoms with E-state index in [1.165, 1.54) is 24.6 Å². The third-order valence-corrected chi connectivity index (χ3v) is 4.31. The van der Waals surface area contributed by atoms with E-state index in [-0.39, 0.29) is 5.91 Å². The molecule has 0 saturated heterocycles. The number of nitrogens with zero attached hydrogens (tertiary/aromatic N) is 2. The molecule has 20 heavy (non-hydrogen) atoms. The van der Waals surface area contributed by atoms with Crippen LogP contribution in [-0.2, 0) is 4.79 Å². The lowest BCUT2D eigenvalue weighted by atomic mass is 10.2. The Kier molecular flexibility index (Phi) is 3.78. The largest absolute Gasteiger partial charge is 0.325 e. The van der Waals surface area contributed by atoms with E-state index in [2.05, 4.69) is 14.9 Å². The molecular weight excluding hydrogens is 270 g/mol. The number of amides is 1. The first-order valence-electron chi connectivity index (χ1n) is 6.75. The van der Waals surface area contributed by atoms with Gasteiger partial charge in [-0.15, -0.1) is 0 Å². The van der Waals surface area contributed by atoms with Gasteiger partial charge in [0.25, 0.3) is 0 Å². The van der Waals surface area contributed by atoms with Crippen LogP contribution in [-0.4, -0.2) is 21.2 Å². The van der Waals surface area contributed by atoms with Crippen molar-refractivity contribution in [3.05, 3.63) is 42.2 Å². The van der Waals surface area contributed by atoms with E-state index in [1.807, 2.05) is 37.4 Å². The number of benzene rings is 1. The van der Waals surface area contributed by atoms with Crippen molar-refractivity contribution in [1.82, 2.24) is 9.55 Å². The molecule has 1 aromatic heterocycles. The van der Waals surface area contributed by atoms with Gasteiger partial charge in [0, 0.05) is 24.1 Å². The average Bonchev–Trinajstić information content (AvgIpc) is 3.18. The molecule has 1 N–H and O–H groups in total. The molecule has 1 fully saturated rings. The number of rotatable bonds is 5. The Labute approximate surface area is 122 Å². The summed E-state index contributed by atoms with van der Waals surface area (Å²) in [6.07, 6.45) is 6.25. The van der Waals surface area contributed by atoms with Gasteiger partial charge in [-0.3, -0.25) is 4.79 Å². The number of nitrogens with one attached hydrogen (secondary N) is 1. The van der Waals surface area contributed by atoms with Gasteiger partial charge in [0.15, 0.2) is 5.16 Å². The maximum atomic E-state index is 12.0. The van der Waals surface area contributed by atoms with Gasteiger partial charge >= 0.3 is 0 Å². The number of carbonyl (C=O) groups excluding carboxylic acids is 1. The average molecular weight is 287 g/mol. The van der Waals surface area contributed by atoms with Gasteiger partial charge in [-0.2, -0.15) is 0 Å². The van der Waals surface area contributed by atoms with Crippen LogP contribution in [0.4, 0.5) is 5.69 Å². The molecule has 1 amide bonds. The summed E-state index contributed by atoms with van der Waals surface area (Å²) < 4.78 is 2.17. The molecule has 1 heterocycles. The van der Waals surface area contributed by atoms with Crippen LogP contribution in [0.25, 0.3) is 0 Å². The molecule has 0 bridgehead atoms. The summed E-state index contributed by atoms with van der Waals surface area (Å²) in [6.45, 7) is 1.99. The lowest BCUT2D eigenvalue weighted by Crippen LogP contribution is -2.15. The van der Waals surface area contributed by atoms with Gasteiger partial charge in [-0.05, 0) is 31.4 Å². The molecular formula is C15H17N3OS. The van der Waals surface area contributed by atoms with Gasteiger partial charge in [0.1, 0.15) is 0 Å². The maximum Gasteiger partial charge on any atom is 0.234 e. The van der Waals surface area contributed by atoms with Crippen molar-refractivity contribution in [2.24, 2.45) is 0 Å². The molecule has 104 valence electrons. The zero-order chi connectivity index (χ0) is 13.9. The first-order valence-corrected chi connectivity index (χ1v) is 7.74. The molecule has 1 aliphatic carbocycles. The summed E-state index contributed by atoms with van der Waals surface area (Å²) in [5.41, 5.74) is 1.95. The molecule has 1 saturated carbocycles. The Morgan fingerprint density at radius 2 is 2.25 bits per heavy atom. The molecule has 0 spiro atoms. The zero-order valence-corrected chi connectivity index (χ0v) is 12.2. The summed E-state index contributed by atoms with van der Waals surface area (Å²) in [4.78, 5) is 16.3. The number of hydrogen-bond donors (Lipinski definition) is 1. The minimum Gasteiger partial charge on any atom is -0.325 e. The highest BCUT2D eigenvalue weighted by atomic mass is 32.2. The van der Waals surface area contributed by atoms with Crippen LogP contribution in [0.5, 0.6) is 0 Å². The standard InChI is InChI=1S/C15H17N3OS/c1-11-4-2-3-5-13(11)17-14(19)10-20-15-16-8-9-18(15)12-6-7-12/h2-5,8-9,12H,6-7,10H2,1H3,(H,17,19). The number of hydrogen-bond acceptors (Lipinski definition) is 3. The van der Waals surface area contributed by atoms with Crippen LogP contribution in [0.3, 0.4) is 0 Å². The second-order valence-corrected chi connectivity index (χ2v) is 5.94. The lowest BCUT2D eigenvalue weighted by Gasteiger charge is -2.08. The van der Waals surface area contributed by atoms with Crippen LogP contribution >= 0.6 is 11.8 Å². The maximum absolute atomic E-state index is 12.0. The van der Waals surface area contributed by atoms with Crippen LogP contribution in [0.15, 0.2) is 41.8 Å². The third kappa shape index (κ3) is 3.04. The minimum absolute atomic E-state index is 0.00893. The molecule has 0 atom stereocenters. The molecule has 1 aliphatic rings. The minimum atomic E-state index is 0.00893. The van der Waals surface area contributed by atoms with E-state index in [0.29, 0.717) is 11.8 Å². The van der Waals surface area contributed by atoms with Crippen molar-refractivity contribution in [3.8, 4) is 0 Å². The molecule has 3 rings (SSSR count). The number of para-hydroxylation sites is 1. The number of aromatic nitrogens is 2. The smallest absolute Gasteiger partial charge is 0.234 e. The molecule has 0 unspecified atom stereocenters. The van der Waals surface area contributed by atoms with E-state index < -0.39 is 0 Å². The van der Waals surface area contributed by atoms with Crippen LogP contribution in [0.1, 0.15) is 24.4 Å². The normalized spacial score (nSPS) is 14.2. The summed E-state index contributed by atoms with van der Waals surface area (Å²) >= 11 is 1.50. The van der Waals surface area contributed by atoms with Crippen molar-refractivity contribution in [3.63, 3.8) is 0 Å². The van der Waals surface area contributed by atoms with Crippen molar-refractivity contribution < 1.29 is 4.79 Å². The fraction of sp³-hybridized carbons (Fsp3) is 0.333. The summed E-state index contributed by atoms with van der Waals surface area (Å²) in [5.74, 6) is 0.396. The van der Waals surface area contributed by atoms with Crippen molar-refractivity contribution >= 4 is 23.4 Å². The molecule has 0 radical (unpaired) electrons. The SMILES string of the molecule is Cc1ccccc1NC(=O)CSc1nccn1C1CC1. The second-order valence-electron chi connectivity index (χ2n) is 5.00. The first-order chi connectivity index (χ1) is 9.74. The highest BCUT2D eigenvalue weighted by Gasteiger charge is 2.25. The Bertz CT molecular complexity index is 619. The Hall–Kier alpha value is -1.75. The first kappa shape index (κ1) is 13.2. The van der Waals surface area contributed by atoms with E-state index in [4.69, 9.17) is 0 Å². The highest BCUT2D eigenvalue weighted by Crippen LogP contribution is 2.37. The fourth-order valence-electron chi connectivity index (χ4n) is 2.07. The number of thioether (sulfide) groups is 1. The quantitative estimate of drug-likeness (QED) is 0.859. The van der Waals surface area contributed by atoms with E-state index in [1.54, 1.807) is 6.20 Å². The van der Waals surface area contributed by atoms with Crippen LogP contribution in [0, 0.1) is 6.92 Å². The van der Waals surface area contributed by atoms with Gasteiger partial charge < -0.3 is 9.88 Å². The second kappa shape index (κ2) is 5.71. The van der Waals surface area contributed by atoms with Crippen LogP contribution in [0.2, 0.25) is 0 Å². The van der Waals surface area contributed by atoms with E-state index in [0.717, 1.165) is 16.4 Å². The third-order valence-electron chi connectivity index (χ3n) is 3.32. The van der Waals surface area contributed by atoms with Crippen molar-refractivity contribution in [2.45, 2.75) is 31.0 Å². The predicted octanol–water partition coefficient (Wildman–Crippen LogP) is 3.26. The zero-order valence-electron chi connectivity index (χ0n) is 11.4. The Morgan fingerprint density at radius 1 is 1.45 bits per heavy atom. The summed E-state index contributed by atoms with van der Waals surface area (Å²) in [5, 5.41) is 3.88. The van der Waals surface area contributed by atoms with E-state index in [9.17, 15) is 4.79 Å². The summed E-state index contributed by atoms with van der Waals surface area (Å²) in [7, 11) is 0. The fourth-order valence-corrected chi connectivity index (χ4v) is 2.90. The summed E-state index contributed by atoms with van der Waals surface area (Å²) in [6, 6.07) is 8.40. The number of imidazole rings is 1. The van der Waals surface area contributed by atoms with Gasteiger partial charge in [-0.25, -0.2) is 4.98 Å². The number of anilines is 1. The number of aryl methyl sites for hydroxylation is 1. The Balaban J connectivity index is 1.57. The number of carbonyl (C=O) groups is 1. The monoisotopic (exact) mass is 287 g/mol. The molecule has 0 aliphatic heterocycles. The topological polar surface area (TPSA) is 46.9 Å². The highest BCUT2D eigenvalue weighted by molar-refractivity contribution is 7.99. The molecule has 1 aromatic carbocycles.